The van der Waals surface area contributed by atoms with Crippen LogP contribution < -0.4 is 9.80 Å². The van der Waals surface area contributed by atoms with Gasteiger partial charge in [-0.2, -0.15) is 0 Å². The molecule has 0 unspecified atom stereocenters. The summed E-state index contributed by atoms with van der Waals surface area (Å²) >= 11 is 0. The van der Waals surface area contributed by atoms with Gasteiger partial charge in [-0.25, -0.2) is 0 Å². The standard InChI is InChI=1S/C68H64N2O2/c1-65(2,3)43-29-33-45(34-30-43)69(57-23-15-19-49-47-17-13-21-53(67(7,8)9)61(47)71-63(49)57)55-39-27-41-26-38-52-56(40-28-42-25-37-51(55)59(41)60(42)52)70(46-35-31-44(32-36-46)66(4,5)6)58-24-16-20-50-48-18-14-22-54(68(10,11)12)62(48)72-64(50)58/h13-40H,1-12H3. The van der Waals surface area contributed by atoms with E-state index in [2.05, 4.69) is 263 Å². The van der Waals surface area contributed by atoms with Crippen molar-refractivity contribution in [3.8, 4) is 0 Å². The molecular formula is C68H64N2O2. The van der Waals surface area contributed by atoms with Gasteiger partial charge in [-0.3, -0.25) is 0 Å². The topological polar surface area (TPSA) is 32.8 Å². The average molecular weight is 941 g/mol. The van der Waals surface area contributed by atoms with Crippen LogP contribution in [0.5, 0.6) is 0 Å². The van der Waals surface area contributed by atoms with Crippen molar-refractivity contribution in [3.05, 3.63) is 192 Å². The average Bonchev–Trinajstić information content (AvgIpc) is 3.93. The van der Waals surface area contributed by atoms with Gasteiger partial charge in [0, 0.05) is 54.8 Å². The molecule has 4 heteroatoms. The van der Waals surface area contributed by atoms with E-state index in [9.17, 15) is 0 Å². The lowest BCUT2D eigenvalue weighted by Crippen LogP contribution is -2.14. The lowest BCUT2D eigenvalue weighted by molar-refractivity contribution is 0.572. The molecule has 0 amide bonds. The van der Waals surface area contributed by atoms with Crippen LogP contribution in [0.25, 0.3) is 76.2 Å². The largest absolute Gasteiger partial charge is 0.454 e. The van der Waals surface area contributed by atoms with Gasteiger partial charge in [0.2, 0.25) is 0 Å². The van der Waals surface area contributed by atoms with Crippen LogP contribution in [0.15, 0.2) is 179 Å². The Balaban J connectivity index is 1.12. The van der Waals surface area contributed by atoms with Crippen LogP contribution in [-0.4, -0.2) is 0 Å². The van der Waals surface area contributed by atoms with Crippen LogP contribution in [0.3, 0.4) is 0 Å². The maximum absolute atomic E-state index is 7.14. The Bertz CT molecular complexity index is 3800. The van der Waals surface area contributed by atoms with E-state index in [1.807, 2.05) is 0 Å². The number of anilines is 6. The van der Waals surface area contributed by atoms with Gasteiger partial charge >= 0.3 is 0 Å². The summed E-state index contributed by atoms with van der Waals surface area (Å²) in [5, 5.41) is 11.7. The molecule has 0 atom stereocenters. The van der Waals surface area contributed by atoms with Gasteiger partial charge in [-0.05, 0) is 103 Å². The van der Waals surface area contributed by atoms with Crippen molar-refractivity contribution in [2.75, 3.05) is 9.80 Å². The molecule has 0 saturated carbocycles. The molecule has 0 fully saturated rings. The van der Waals surface area contributed by atoms with E-state index >= 15 is 0 Å². The summed E-state index contributed by atoms with van der Waals surface area (Å²) in [4.78, 5) is 4.86. The van der Waals surface area contributed by atoms with Gasteiger partial charge in [-0.15, -0.1) is 0 Å². The van der Waals surface area contributed by atoms with E-state index in [4.69, 9.17) is 8.83 Å². The Labute approximate surface area is 423 Å². The monoisotopic (exact) mass is 940 g/mol. The second kappa shape index (κ2) is 16.0. The zero-order valence-corrected chi connectivity index (χ0v) is 43.9. The number of para-hydroxylation sites is 4. The molecular weight excluding hydrogens is 877 g/mol. The third-order valence-electron chi connectivity index (χ3n) is 15.2. The van der Waals surface area contributed by atoms with E-state index < -0.39 is 0 Å². The fourth-order valence-corrected chi connectivity index (χ4v) is 11.3. The van der Waals surface area contributed by atoms with Gasteiger partial charge in [0.1, 0.15) is 11.2 Å². The second-order valence-corrected chi connectivity index (χ2v) is 24.2. The van der Waals surface area contributed by atoms with E-state index in [1.54, 1.807) is 0 Å². The zero-order valence-electron chi connectivity index (χ0n) is 43.9. The summed E-state index contributed by atoms with van der Waals surface area (Å²) in [6.07, 6.45) is 0. The minimum atomic E-state index is -0.0965. The van der Waals surface area contributed by atoms with Gasteiger partial charge < -0.3 is 18.6 Å². The summed E-state index contributed by atoms with van der Waals surface area (Å²) in [6, 6.07) is 63.2. The molecule has 0 radical (unpaired) electrons. The molecule has 4 nitrogen and oxygen atoms in total. The molecule has 0 aliphatic rings. The van der Waals surface area contributed by atoms with Crippen molar-refractivity contribution < 1.29 is 8.83 Å². The van der Waals surface area contributed by atoms with Crippen molar-refractivity contribution in [1.29, 1.82) is 0 Å². The molecule has 0 bridgehead atoms. The normalized spacial score (nSPS) is 13.0. The molecule has 72 heavy (non-hydrogen) atoms. The van der Waals surface area contributed by atoms with Crippen molar-refractivity contribution in [2.45, 2.75) is 105 Å². The third kappa shape index (κ3) is 7.24. The third-order valence-corrected chi connectivity index (χ3v) is 15.2. The van der Waals surface area contributed by atoms with Crippen LogP contribution in [0.4, 0.5) is 34.1 Å². The molecule has 0 aliphatic carbocycles. The number of fused-ring (bicyclic) bond motifs is 6. The van der Waals surface area contributed by atoms with Gasteiger partial charge in [0.15, 0.2) is 11.2 Å². The van der Waals surface area contributed by atoms with Crippen LogP contribution in [0.2, 0.25) is 0 Å². The van der Waals surface area contributed by atoms with Gasteiger partial charge in [0.25, 0.3) is 0 Å². The predicted molar refractivity (Wildman–Crippen MR) is 309 cm³/mol. The summed E-state index contributed by atoms with van der Waals surface area (Å²) in [6.45, 7) is 27.2. The van der Waals surface area contributed by atoms with Crippen molar-refractivity contribution >= 4 is 110 Å². The molecule has 0 N–H and O–H groups in total. The highest BCUT2D eigenvalue weighted by molar-refractivity contribution is 6.29. The van der Waals surface area contributed by atoms with Crippen LogP contribution in [0, 0.1) is 0 Å². The second-order valence-electron chi connectivity index (χ2n) is 24.2. The molecule has 12 aromatic rings. The smallest absolute Gasteiger partial charge is 0.159 e. The number of benzene rings is 10. The first kappa shape index (κ1) is 45.6. The zero-order chi connectivity index (χ0) is 50.2. The highest BCUT2D eigenvalue weighted by Crippen LogP contribution is 2.51. The van der Waals surface area contributed by atoms with E-state index in [0.29, 0.717) is 0 Å². The van der Waals surface area contributed by atoms with Crippen molar-refractivity contribution in [3.63, 3.8) is 0 Å². The lowest BCUT2D eigenvalue weighted by atomic mass is 9.86. The van der Waals surface area contributed by atoms with E-state index in [0.717, 1.165) is 78.0 Å². The summed E-state index contributed by atoms with van der Waals surface area (Å²) in [5.74, 6) is 0. The Morgan fingerprint density at radius 1 is 0.278 bits per heavy atom. The summed E-state index contributed by atoms with van der Waals surface area (Å²) in [5.41, 5.74) is 14.8. The molecule has 10 aromatic carbocycles. The lowest BCUT2D eigenvalue weighted by Gasteiger charge is -2.30. The Hall–Kier alpha value is -7.56. The number of hydrogen-bond donors (Lipinski definition) is 0. The maximum atomic E-state index is 7.14. The Morgan fingerprint density at radius 3 is 0.958 bits per heavy atom. The van der Waals surface area contributed by atoms with Crippen LogP contribution >= 0.6 is 0 Å². The van der Waals surface area contributed by atoms with Crippen molar-refractivity contribution in [2.24, 2.45) is 0 Å². The molecule has 0 spiro atoms. The van der Waals surface area contributed by atoms with Crippen LogP contribution in [-0.2, 0) is 21.7 Å². The molecule has 358 valence electrons. The number of hydrogen-bond acceptors (Lipinski definition) is 4. The van der Waals surface area contributed by atoms with Gasteiger partial charge in [0.05, 0.1) is 22.7 Å². The fourth-order valence-electron chi connectivity index (χ4n) is 11.3. The minimum Gasteiger partial charge on any atom is -0.454 e. The minimum absolute atomic E-state index is 0.00395. The summed E-state index contributed by atoms with van der Waals surface area (Å²) < 4.78 is 14.3. The first-order valence-electron chi connectivity index (χ1n) is 25.7. The molecule has 0 aliphatic heterocycles. The first-order chi connectivity index (χ1) is 34.3. The Morgan fingerprint density at radius 2 is 0.611 bits per heavy atom. The number of rotatable bonds is 6. The molecule has 2 heterocycles. The molecule has 12 rings (SSSR count). The Kier molecular flexibility index (Phi) is 10.1. The number of nitrogens with zero attached hydrogens (tertiary/aromatic N) is 2. The van der Waals surface area contributed by atoms with E-state index in [-0.39, 0.29) is 21.7 Å². The van der Waals surface area contributed by atoms with Crippen molar-refractivity contribution in [1.82, 2.24) is 0 Å². The number of furan rings is 2. The summed E-state index contributed by atoms with van der Waals surface area (Å²) in [7, 11) is 0. The highest BCUT2D eigenvalue weighted by atomic mass is 16.3. The maximum Gasteiger partial charge on any atom is 0.159 e. The SMILES string of the molecule is CC(C)(C)c1ccc(N(c2ccc3ccc4c(N(c5ccc(C(C)(C)C)cc5)c5cccc6c5oc5c(C(C)(C)C)cccc56)ccc5ccc2c3c54)c2cccc3c2oc2c(C(C)(C)C)cccc23)cc1. The van der Waals surface area contributed by atoms with Crippen LogP contribution in [0.1, 0.15) is 105 Å². The predicted octanol–water partition coefficient (Wildman–Crippen LogP) is 20.5. The highest BCUT2D eigenvalue weighted by Gasteiger charge is 2.29. The molecule has 0 saturated heterocycles. The fraction of sp³-hybridized carbons (Fsp3) is 0.235. The quantitative estimate of drug-likeness (QED) is 0.156. The van der Waals surface area contributed by atoms with Gasteiger partial charge in [-0.1, -0.05) is 204 Å². The molecule has 2 aromatic heterocycles. The first-order valence-corrected chi connectivity index (χ1v) is 25.7. The van der Waals surface area contributed by atoms with E-state index in [1.165, 1.54) is 54.6 Å².